The first-order valence-electron chi connectivity index (χ1n) is 6.12. The molecule has 2 aromatic rings. The maximum absolute atomic E-state index is 9.00. The molecule has 1 unspecified atom stereocenters. The number of halogens is 1. The summed E-state index contributed by atoms with van der Waals surface area (Å²) in [4.78, 5) is 0. The van der Waals surface area contributed by atoms with Crippen molar-refractivity contribution in [1.29, 1.82) is 5.26 Å². The van der Waals surface area contributed by atoms with Crippen LogP contribution >= 0.6 is 28.0 Å². The number of hydrogen-bond acceptors (Lipinski definition) is 5. The largest absolute Gasteiger partial charge is 0.492 e. The maximum Gasteiger partial charge on any atom is 0.138 e. The molecular weight excluding hydrogens is 342 g/mol. The normalized spacial score (nSPS) is 12.3. The molecule has 0 amide bonds. The molecule has 0 aliphatic rings. The Hall–Kier alpha value is -1.23. The van der Waals surface area contributed by atoms with E-state index in [-0.39, 0.29) is 0 Å². The molecule has 106 valence electrons. The summed E-state index contributed by atoms with van der Waals surface area (Å²) in [5.74, 6) is 1.76. The van der Waals surface area contributed by atoms with Gasteiger partial charge in [0.1, 0.15) is 11.8 Å². The van der Waals surface area contributed by atoms with Crippen LogP contribution in [0.25, 0.3) is 5.52 Å². The lowest BCUT2D eigenvalue weighted by Crippen LogP contribution is -2.10. The lowest BCUT2D eigenvalue weighted by Gasteiger charge is -2.12. The molecule has 2 rings (SSSR count). The second kappa shape index (κ2) is 6.97. The number of hydrogen-bond donors (Lipinski definition) is 1. The number of nitriles is 1. The van der Waals surface area contributed by atoms with Gasteiger partial charge in [-0.3, -0.25) is 0 Å². The summed E-state index contributed by atoms with van der Waals surface area (Å²) >= 11 is 4.29. The molecule has 2 aromatic heterocycles. The van der Waals surface area contributed by atoms with Gasteiger partial charge in [0.25, 0.3) is 0 Å². The molecule has 1 atom stereocenters. The Morgan fingerprint density at radius 3 is 3.15 bits per heavy atom. The highest BCUT2D eigenvalue weighted by Crippen LogP contribution is 2.26. The molecule has 7 heteroatoms. The van der Waals surface area contributed by atoms with Crippen molar-refractivity contribution in [2.45, 2.75) is 13.3 Å². The van der Waals surface area contributed by atoms with E-state index in [2.05, 4.69) is 34.0 Å². The standard InChI is InChI=1S/C13H14BrN3O2S/c1-9(2-3-20-18)8-19-11-4-12(14)13-10(5-15)6-16-17(13)7-11/h4,6-7,9,18H,2-3,8H2,1H3. The summed E-state index contributed by atoms with van der Waals surface area (Å²) in [6, 6.07) is 3.94. The van der Waals surface area contributed by atoms with Crippen molar-refractivity contribution in [3.05, 3.63) is 28.5 Å². The summed E-state index contributed by atoms with van der Waals surface area (Å²) in [5, 5.41) is 13.1. The molecular formula is C13H14BrN3O2S. The number of ether oxygens (including phenoxy) is 1. The van der Waals surface area contributed by atoms with Crippen LogP contribution in [0.3, 0.4) is 0 Å². The van der Waals surface area contributed by atoms with Crippen LogP contribution in [0.2, 0.25) is 0 Å². The highest BCUT2D eigenvalue weighted by atomic mass is 79.9. The lowest BCUT2D eigenvalue weighted by atomic mass is 10.1. The molecule has 20 heavy (non-hydrogen) atoms. The zero-order valence-corrected chi connectivity index (χ0v) is 13.3. The van der Waals surface area contributed by atoms with Crippen molar-refractivity contribution in [1.82, 2.24) is 9.61 Å². The molecule has 1 N–H and O–H groups in total. The highest BCUT2D eigenvalue weighted by Gasteiger charge is 2.10. The number of fused-ring (bicyclic) bond motifs is 1. The van der Waals surface area contributed by atoms with Crippen molar-refractivity contribution < 1.29 is 9.29 Å². The SMILES string of the molecule is CC(CCSO)COc1cc(Br)c2c(C#N)cnn2c1. The number of pyridine rings is 1. The molecule has 0 saturated carbocycles. The summed E-state index contributed by atoms with van der Waals surface area (Å²) in [5.41, 5.74) is 1.27. The first-order chi connectivity index (χ1) is 9.65. The van der Waals surface area contributed by atoms with Crippen LogP contribution in [-0.4, -0.2) is 26.5 Å². The molecule has 0 aliphatic heterocycles. The Kier molecular flexibility index (Phi) is 5.29. The van der Waals surface area contributed by atoms with Crippen LogP contribution in [-0.2, 0) is 0 Å². The van der Waals surface area contributed by atoms with Crippen LogP contribution in [0.5, 0.6) is 5.75 Å². The van der Waals surface area contributed by atoms with Crippen LogP contribution in [0.4, 0.5) is 0 Å². The minimum absolute atomic E-state index is 0.358. The van der Waals surface area contributed by atoms with Crippen molar-refractivity contribution in [2.24, 2.45) is 5.92 Å². The molecule has 0 radical (unpaired) electrons. The monoisotopic (exact) mass is 355 g/mol. The average Bonchev–Trinajstić information content (AvgIpc) is 2.86. The van der Waals surface area contributed by atoms with Crippen LogP contribution in [0, 0.1) is 17.2 Å². The van der Waals surface area contributed by atoms with Crippen LogP contribution in [0.1, 0.15) is 18.9 Å². The van der Waals surface area contributed by atoms with Gasteiger partial charge in [0.05, 0.1) is 30.1 Å². The van der Waals surface area contributed by atoms with E-state index in [1.807, 2.05) is 6.07 Å². The summed E-state index contributed by atoms with van der Waals surface area (Å²) in [7, 11) is 0. The van der Waals surface area contributed by atoms with E-state index < -0.39 is 0 Å². The van der Waals surface area contributed by atoms with E-state index in [1.165, 1.54) is 6.20 Å². The zero-order valence-electron chi connectivity index (χ0n) is 10.9. The molecule has 0 fully saturated rings. The fourth-order valence-electron chi connectivity index (χ4n) is 1.79. The first-order valence-corrected chi connectivity index (χ1v) is 7.85. The van der Waals surface area contributed by atoms with E-state index in [0.717, 1.165) is 28.5 Å². The topological polar surface area (TPSA) is 70.5 Å². The van der Waals surface area contributed by atoms with Gasteiger partial charge in [0, 0.05) is 10.2 Å². The second-order valence-corrected chi connectivity index (χ2v) is 6.05. The van der Waals surface area contributed by atoms with Gasteiger partial charge in [-0.1, -0.05) is 6.92 Å². The number of rotatable bonds is 6. The Bertz CT molecular complexity index is 638. The first kappa shape index (κ1) is 15.2. The molecule has 2 heterocycles. The van der Waals surface area contributed by atoms with Crippen molar-refractivity contribution >= 4 is 33.5 Å². The number of aromatic nitrogens is 2. The quantitative estimate of drug-likeness (QED) is 0.801. The summed E-state index contributed by atoms with van der Waals surface area (Å²) in [6.45, 7) is 2.65. The molecule has 0 saturated heterocycles. The van der Waals surface area contributed by atoms with Crippen LogP contribution in [0.15, 0.2) is 22.9 Å². The predicted octanol–water partition coefficient (Wildman–Crippen LogP) is 3.58. The Morgan fingerprint density at radius 1 is 1.65 bits per heavy atom. The molecule has 5 nitrogen and oxygen atoms in total. The molecule has 0 aliphatic carbocycles. The second-order valence-electron chi connectivity index (χ2n) is 4.53. The number of nitrogens with zero attached hydrogens (tertiary/aromatic N) is 3. The van der Waals surface area contributed by atoms with Gasteiger partial charge in [-0.15, -0.1) is 0 Å². The highest BCUT2D eigenvalue weighted by molar-refractivity contribution is 9.10. The Labute approximate surface area is 129 Å². The van der Waals surface area contributed by atoms with Gasteiger partial charge < -0.3 is 9.29 Å². The third kappa shape index (κ3) is 3.45. The van der Waals surface area contributed by atoms with Gasteiger partial charge in [-0.2, -0.15) is 10.4 Å². The van der Waals surface area contributed by atoms with Gasteiger partial charge in [-0.25, -0.2) is 4.52 Å². The molecule has 0 aromatic carbocycles. The smallest absolute Gasteiger partial charge is 0.138 e. The van der Waals surface area contributed by atoms with Gasteiger partial charge in [0.15, 0.2) is 0 Å². The fraction of sp³-hybridized carbons (Fsp3) is 0.385. The van der Waals surface area contributed by atoms with E-state index in [1.54, 1.807) is 10.7 Å². The van der Waals surface area contributed by atoms with Gasteiger partial charge >= 0.3 is 0 Å². The van der Waals surface area contributed by atoms with Gasteiger partial charge in [-0.05, 0) is 46.4 Å². The van der Waals surface area contributed by atoms with E-state index in [9.17, 15) is 0 Å². The minimum atomic E-state index is 0.358. The van der Waals surface area contributed by atoms with E-state index >= 15 is 0 Å². The predicted molar refractivity (Wildman–Crippen MR) is 82.0 cm³/mol. The molecule has 0 spiro atoms. The average molecular weight is 356 g/mol. The van der Waals surface area contributed by atoms with Gasteiger partial charge in [0.2, 0.25) is 0 Å². The summed E-state index contributed by atoms with van der Waals surface area (Å²) in [6.07, 6.45) is 4.18. The van der Waals surface area contributed by atoms with Crippen molar-refractivity contribution in [3.63, 3.8) is 0 Å². The van der Waals surface area contributed by atoms with Crippen LogP contribution < -0.4 is 4.74 Å². The third-order valence-corrected chi connectivity index (χ3v) is 3.92. The third-order valence-electron chi connectivity index (χ3n) is 2.90. The Morgan fingerprint density at radius 2 is 2.45 bits per heavy atom. The van der Waals surface area contributed by atoms with Crippen molar-refractivity contribution in [3.8, 4) is 11.8 Å². The van der Waals surface area contributed by atoms with Crippen molar-refractivity contribution in [2.75, 3.05) is 12.4 Å². The maximum atomic E-state index is 9.00. The Balaban J connectivity index is 2.10. The minimum Gasteiger partial charge on any atom is -0.492 e. The lowest BCUT2D eigenvalue weighted by molar-refractivity contribution is 0.256. The van der Waals surface area contributed by atoms with E-state index in [0.29, 0.717) is 29.6 Å². The summed E-state index contributed by atoms with van der Waals surface area (Å²) < 4.78 is 16.9. The zero-order chi connectivity index (χ0) is 14.5. The molecule has 0 bridgehead atoms. The van der Waals surface area contributed by atoms with E-state index in [4.69, 9.17) is 14.6 Å². The fourth-order valence-corrected chi connectivity index (χ4v) is 2.91.